The Morgan fingerprint density at radius 3 is 2.74 bits per heavy atom. The molecule has 0 radical (unpaired) electrons. The number of aromatic nitrogens is 2. The molecule has 162 valence electrons. The average Bonchev–Trinajstić information content (AvgIpc) is 2.71. The molecule has 0 saturated heterocycles. The summed E-state index contributed by atoms with van der Waals surface area (Å²) in [5, 5.41) is 13.9. The topological polar surface area (TPSA) is 103 Å². The molecule has 0 saturated carbocycles. The van der Waals surface area contributed by atoms with Crippen LogP contribution in [0.5, 0.6) is 11.5 Å². The Morgan fingerprint density at radius 2 is 2.06 bits per heavy atom. The molecule has 0 amide bonds. The van der Waals surface area contributed by atoms with Gasteiger partial charge in [0, 0.05) is 4.47 Å². The lowest BCUT2D eigenvalue weighted by atomic mass is 10.2. The van der Waals surface area contributed by atoms with Crippen LogP contribution in [0.3, 0.4) is 0 Å². The highest BCUT2D eigenvalue weighted by atomic mass is 79.9. The van der Waals surface area contributed by atoms with Gasteiger partial charge in [-0.25, -0.2) is 9.78 Å². The maximum Gasteiger partial charge on any atom is 0.344 e. The summed E-state index contributed by atoms with van der Waals surface area (Å²) in [6, 6.07) is 8.65. The van der Waals surface area contributed by atoms with E-state index < -0.39 is 12.1 Å². The molecular weight excluding hydrogens is 534 g/mol. The summed E-state index contributed by atoms with van der Waals surface area (Å²) >= 11 is 6.76. The lowest BCUT2D eigenvalue weighted by Crippen LogP contribution is -2.23. The van der Waals surface area contributed by atoms with Crippen molar-refractivity contribution in [3.8, 4) is 11.5 Å². The van der Waals surface area contributed by atoms with E-state index in [1.807, 2.05) is 6.07 Å². The molecule has 0 fully saturated rings. The molecule has 0 bridgehead atoms. The average molecular weight is 553 g/mol. The van der Waals surface area contributed by atoms with Crippen LogP contribution in [0.25, 0.3) is 10.9 Å². The fourth-order valence-corrected chi connectivity index (χ4v) is 3.70. The highest BCUT2D eigenvalue weighted by molar-refractivity contribution is 9.10. The first-order valence-corrected chi connectivity index (χ1v) is 10.9. The van der Waals surface area contributed by atoms with E-state index in [0.717, 1.165) is 4.47 Å². The lowest BCUT2D eigenvalue weighted by Gasteiger charge is -2.16. The van der Waals surface area contributed by atoms with Crippen molar-refractivity contribution in [3.63, 3.8) is 0 Å². The molecule has 3 rings (SSSR count). The summed E-state index contributed by atoms with van der Waals surface area (Å²) in [4.78, 5) is 28.5. The van der Waals surface area contributed by atoms with Crippen molar-refractivity contribution in [1.29, 1.82) is 0 Å². The van der Waals surface area contributed by atoms with E-state index in [1.54, 1.807) is 38.1 Å². The number of halogens is 2. The van der Waals surface area contributed by atoms with Gasteiger partial charge in [0.25, 0.3) is 5.56 Å². The van der Waals surface area contributed by atoms with Crippen molar-refractivity contribution in [2.45, 2.75) is 26.9 Å². The molecule has 1 heterocycles. The Morgan fingerprint density at radius 1 is 1.32 bits per heavy atom. The summed E-state index contributed by atoms with van der Waals surface area (Å²) in [7, 11) is 0. The van der Waals surface area contributed by atoms with Crippen molar-refractivity contribution in [2.24, 2.45) is 5.10 Å². The van der Waals surface area contributed by atoms with Crippen LogP contribution in [0.4, 0.5) is 0 Å². The van der Waals surface area contributed by atoms with E-state index in [2.05, 4.69) is 41.9 Å². The van der Waals surface area contributed by atoms with Gasteiger partial charge in [-0.3, -0.25) is 4.79 Å². The van der Waals surface area contributed by atoms with Crippen molar-refractivity contribution in [2.75, 3.05) is 6.61 Å². The number of hydrogen-bond acceptors (Lipinski definition) is 6. The molecule has 0 unspecified atom stereocenters. The van der Waals surface area contributed by atoms with Crippen molar-refractivity contribution in [1.82, 2.24) is 9.66 Å². The fourth-order valence-electron chi connectivity index (χ4n) is 2.79. The number of hydrogen-bond donors (Lipinski definition) is 1. The summed E-state index contributed by atoms with van der Waals surface area (Å²) in [5.74, 6) is -0.0174. The van der Waals surface area contributed by atoms with Gasteiger partial charge >= 0.3 is 5.97 Å². The zero-order valence-electron chi connectivity index (χ0n) is 16.9. The second-order valence-electron chi connectivity index (χ2n) is 6.54. The Balaban J connectivity index is 2.02. The van der Waals surface area contributed by atoms with E-state index in [1.165, 1.54) is 17.8 Å². The number of ether oxygens (including phenoxy) is 2. The quantitative estimate of drug-likeness (QED) is 0.437. The molecule has 0 aliphatic rings. The number of carboxylic acids is 1. The van der Waals surface area contributed by atoms with Gasteiger partial charge < -0.3 is 14.6 Å². The second-order valence-corrected chi connectivity index (χ2v) is 8.31. The Hall–Kier alpha value is -2.72. The van der Waals surface area contributed by atoms with Gasteiger partial charge in [0.15, 0.2) is 17.6 Å². The van der Waals surface area contributed by atoms with Gasteiger partial charge in [0.2, 0.25) is 0 Å². The first-order chi connectivity index (χ1) is 14.7. The third kappa shape index (κ3) is 5.13. The number of nitrogens with zero attached hydrogens (tertiary/aromatic N) is 3. The van der Waals surface area contributed by atoms with Crippen LogP contribution >= 0.6 is 31.9 Å². The van der Waals surface area contributed by atoms with Crippen molar-refractivity contribution in [3.05, 3.63) is 61.0 Å². The van der Waals surface area contributed by atoms with E-state index in [-0.39, 0.29) is 11.3 Å². The zero-order chi connectivity index (χ0) is 22.7. The normalized spacial score (nSPS) is 12.3. The van der Waals surface area contributed by atoms with Crippen LogP contribution in [0.15, 0.2) is 49.2 Å². The van der Waals surface area contributed by atoms with E-state index in [4.69, 9.17) is 14.6 Å². The number of carbonyl (C=O) groups is 1. The summed E-state index contributed by atoms with van der Waals surface area (Å²) in [6.07, 6.45) is 0.441. The zero-order valence-corrected chi connectivity index (χ0v) is 20.1. The molecule has 0 aliphatic carbocycles. The third-order valence-electron chi connectivity index (χ3n) is 4.27. The molecule has 1 aromatic heterocycles. The van der Waals surface area contributed by atoms with E-state index >= 15 is 0 Å². The molecule has 0 spiro atoms. The van der Waals surface area contributed by atoms with Crippen LogP contribution in [0, 0.1) is 6.92 Å². The number of benzene rings is 2. The second kappa shape index (κ2) is 9.61. The summed E-state index contributed by atoms with van der Waals surface area (Å²) in [5.41, 5.74) is 0.915. The van der Waals surface area contributed by atoms with Gasteiger partial charge in [0.1, 0.15) is 5.82 Å². The minimum atomic E-state index is -1.09. The van der Waals surface area contributed by atoms with Gasteiger partial charge in [0.05, 0.1) is 28.2 Å². The largest absolute Gasteiger partial charge is 0.490 e. The van der Waals surface area contributed by atoms with Crippen molar-refractivity contribution < 1.29 is 19.4 Å². The maximum atomic E-state index is 12.9. The van der Waals surface area contributed by atoms with Crippen LogP contribution < -0.4 is 15.0 Å². The molecule has 10 heteroatoms. The fraction of sp³-hybridized carbons (Fsp3) is 0.238. The highest BCUT2D eigenvalue weighted by Gasteiger charge is 2.19. The number of rotatable bonds is 7. The molecule has 31 heavy (non-hydrogen) atoms. The van der Waals surface area contributed by atoms with Crippen LogP contribution in [0.2, 0.25) is 0 Å². The molecule has 1 N–H and O–H groups in total. The van der Waals surface area contributed by atoms with Gasteiger partial charge in [-0.05, 0) is 72.6 Å². The number of carboxylic acid groups (broad SMARTS) is 1. The maximum absolute atomic E-state index is 12.9. The third-order valence-corrected chi connectivity index (χ3v) is 5.35. The van der Waals surface area contributed by atoms with Crippen LogP contribution in [0.1, 0.15) is 25.2 Å². The first-order valence-electron chi connectivity index (χ1n) is 9.30. The molecule has 2 aromatic carbocycles. The van der Waals surface area contributed by atoms with Crippen LogP contribution in [-0.4, -0.2) is 39.7 Å². The Labute approximate surface area is 194 Å². The summed E-state index contributed by atoms with van der Waals surface area (Å²) in [6.45, 7) is 5.29. The van der Waals surface area contributed by atoms with Gasteiger partial charge in [-0.1, -0.05) is 15.9 Å². The Kier molecular flexibility index (Phi) is 7.11. The standard InChI is InChI=1S/C21H19Br2N3O5/c1-4-30-18-8-13(7-16(23)19(18)31-11(2)21(28)29)10-24-26-12(3)25-17-6-5-14(22)9-15(17)20(26)27/h5-11H,4H2,1-3H3,(H,28,29)/t11-/m1/s1. The predicted molar refractivity (Wildman–Crippen MR) is 124 cm³/mol. The first kappa shape index (κ1) is 23.0. The van der Waals surface area contributed by atoms with Crippen molar-refractivity contribution >= 4 is 54.9 Å². The highest BCUT2D eigenvalue weighted by Crippen LogP contribution is 2.37. The minimum absolute atomic E-state index is 0.277. The monoisotopic (exact) mass is 551 g/mol. The molecule has 8 nitrogen and oxygen atoms in total. The predicted octanol–water partition coefficient (Wildman–Crippen LogP) is 4.36. The number of aliphatic carboxylic acids is 1. The number of fused-ring (bicyclic) bond motifs is 1. The number of aryl methyl sites for hydroxylation is 1. The minimum Gasteiger partial charge on any atom is -0.490 e. The SMILES string of the molecule is CCOc1cc(C=Nn2c(C)nc3ccc(Br)cc3c2=O)cc(Br)c1O[C@H](C)C(=O)O. The van der Waals surface area contributed by atoms with Gasteiger partial charge in [-0.15, -0.1) is 0 Å². The van der Waals surface area contributed by atoms with E-state index in [9.17, 15) is 9.59 Å². The Bertz CT molecular complexity index is 1240. The van der Waals surface area contributed by atoms with E-state index in [0.29, 0.717) is 39.1 Å². The molecule has 0 aliphatic heterocycles. The summed E-state index contributed by atoms with van der Waals surface area (Å²) < 4.78 is 13.6. The molecule has 1 atom stereocenters. The molecule has 3 aromatic rings. The van der Waals surface area contributed by atoms with Gasteiger partial charge in [-0.2, -0.15) is 9.78 Å². The lowest BCUT2D eigenvalue weighted by molar-refractivity contribution is -0.144. The van der Waals surface area contributed by atoms with Crippen LogP contribution in [-0.2, 0) is 4.79 Å². The molecular formula is C21H19Br2N3O5. The smallest absolute Gasteiger partial charge is 0.344 e.